The van der Waals surface area contributed by atoms with E-state index in [1.54, 1.807) is 7.11 Å². The van der Waals surface area contributed by atoms with E-state index in [0.717, 1.165) is 31.2 Å². The van der Waals surface area contributed by atoms with E-state index in [0.29, 0.717) is 5.25 Å². The summed E-state index contributed by atoms with van der Waals surface area (Å²) in [5.41, 5.74) is 1.24. The van der Waals surface area contributed by atoms with Gasteiger partial charge in [0.25, 0.3) is 0 Å². The molecule has 4 nitrogen and oxygen atoms in total. The molecule has 2 aliphatic rings. The molecule has 0 aromatic heterocycles. The Morgan fingerprint density at radius 3 is 3.11 bits per heavy atom. The van der Waals surface area contributed by atoms with Gasteiger partial charge in [-0.3, -0.25) is 4.99 Å². The molecule has 96 valence electrons. The quantitative estimate of drug-likeness (QED) is 0.879. The van der Waals surface area contributed by atoms with Crippen molar-refractivity contribution >= 4 is 23.3 Å². The van der Waals surface area contributed by atoms with Crippen molar-refractivity contribution in [2.45, 2.75) is 10.1 Å². The van der Waals surface area contributed by atoms with Crippen molar-refractivity contribution in [1.82, 2.24) is 5.32 Å². The largest absolute Gasteiger partial charge is 0.497 e. The van der Waals surface area contributed by atoms with Crippen molar-refractivity contribution in [2.24, 2.45) is 4.99 Å². The summed E-state index contributed by atoms with van der Waals surface area (Å²) in [5.74, 6) is 2.06. The second kappa shape index (κ2) is 4.72. The van der Waals surface area contributed by atoms with Crippen LogP contribution in [0.1, 0.15) is 0 Å². The maximum atomic E-state index is 5.28. The Kier molecular flexibility index (Phi) is 3.07. The molecular weight excluding hydrogens is 246 g/mol. The first kappa shape index (κ1) is 11.7. The Morgan fingerprint density at radius 1 is 1.50 bits per heavy atom. The minimum Gasteiger partial charge on any atom is -0.497 e. The minimum atomic E-state index is 0.415. The Morgan fingerprint density at radius 2 is 2.39 bits per heavy atom. The zero-order valence-corrected chi connectivity index (χ0v) is 11.5. The highest BCUT2D eigenvalue weighted by atomic mass is 32.2. The third kappa shape index (κ3) is 2.03. The van der Waals surface area contributed by atoms with E-state index >= 15 is 0 Å². The second-order valence-electron chi connectivity index (χ2n) is 4.51. The lowest BCUT2D eigenvalue weighted by Crippen LogP contribution is -2.40. The van der Waals surface area contributed by atoms with E-state index in [9.17, 15) is 0 Å². The number of nitrogens with one attached hydrogen (secondary N) is 1. The molecule has 2 aliphatic heterocycles. The lowest BCUT2D eigenvalue weighted by Gasteiger charge is -2.33. The molecule has 1 aromatic rings. The number of anilines is 1. The lowest BCUT2D eigenvalue weighted by atomic mass is 10.2. The smallest absolute Gasteiger partial charge is 0.121 e. The Balaban J connectivity index is 1.88. The summed E-state index contributed by atoms with van der Waals surface area (Å²) in [4.78, 5) is 8.11. The van der Waals surface area contributed by atoms with Crippen molar-refractivity contribution in [3.05, 3.63) is 18.2 Å². The van der Waals surface area contributed by atoms with Crippen LogP contribution in [-0.4, -0.2) is 44.9 Å². The van der Waals surface area contributed by atoms with Gasteiger partial charge in [0.2, 0.25) is 0 Å². The predicted molar refractivity (Wildman–Crippen MR) is 76.2 cm³/mol. The summed E-state index contributed by atoms with van der Waals surface area (Å²) < 4.78 is 5.28. The number of rotatable bonds is 2. The molecule has 0 saturated heterocycles. The Labute approximate surface area is 111 Å². The van der Waals surface area contributed by atoms with Crippen LogP contribution >= 0.6 is 11.8 Å². The molecule has 18 heavy (non-hydrogen) atoms. The van der Waals surface area contributed by atoms with Crippen LogP contribution in [0.25, 0.3) is 0 Å². The highest BCUT2D eigenvalue weighted by molar-refractivity contribution is 8.01. The number of aliphatic imine (C=N–C) groups is 1. The van der Waals surface area contributed by atoms with Crippen molar-refractivity contribution in [3.63, 3.8) is 0 Å². The van der Waals surface area contributed by atoms with Gasteiger partial charge in [-0.15, -0.1) is 11.8 Å². The summed E-state index contributed by atoms with van der Waals surface area (Å²) in [6.07, 6.45) is 0. The fraction of sp³-hybridized carbons (Fsp3) is 0.462. The number of benzene rings is 1. The molecule has 0 amide bonds. The van der Waals surface area contributed by atoms with Gasteiger partial charge in [-0.05, 0) is 12.1 Å². The SMILES string of the molecule is COc1ccc2c(c1)N(C)CC(C1=NCCN1)S2. The first-order valence-electron chi connectivity index (χ1n) is 6.12. The number of thioether (sulfide) groups is 1. The average molecular weight is 263 g/mol. The zero-order valence-electron chi connectivity index (χ0n) is 10.6. The predicted octanol–water partition coefficient (Wildman–Crippen LogP) is 1.61. The van der Waals surface area contributed by atoms with Crippen LogP contribution in [0.2, 0.25) is 0 Å². The van der Waals surface area contributed by atoms with E-state index in [4.69, 9.17) is 4.74 Å². The van der Waals surface area contributed by atoms with Gasteiger partial charge in [0, 0.05) is 31.1 Å². The average Bonchev–Trinajstić information content (AvgIpc) is 2.92. The van der Waals surface area contributed by atoms with Gasteiger partial charge in [-0.25, -0.2) is 0 Å². The number of fused-ring (bicyclic) bond motifs is 1. The third-order valence-corrected chi connectivity index (χ3v) is 4.55. The number of nitrogens with zero attached hydrogens (tertiary/aromatic N) is 2. The summed E-state index contributed by atoms with van der Waals surface area (Å²) in [6.45, 7) is 2.87. The molecule has 1 unspecified atom stereocenters. The van der Waals surface area contributed by atoms with Crippen molar-refractivity contribution in [3.8, 4) is 5.75 Å². The van der Waals surface area contributed by atoms with Crippen LogP contribution in [0.3, 0.4) is 0 Å². The fourth-order valence-corrected chi connectivity index (χ4v) is 3.69. The standard InChI is InChI=1S/C13H17N3OS/c1-16-8-12(13-14-5-6-15-13)18-11-4-3-9(17-2)7-10(11)16/h3-4,7,12H,5-6,8H2,1-2H3,(H,14,15). The Hall–Kier alpha value is -1.36. The molecule has 0 saturated carbocycles. The first-order valence-corrected chi connectivity index (χ1v) is 7.00. The summed E-state index contributed by atoms with van der Waals surface area (Å²) in [6, 6.07) is 6.26. The molecule has 1 aromatic carbocycles. The fourth-order valence-electron chi connectivity index (χ4n) is 2.33. The number of hydrogen-bond donors (Lipinski definition) is 1. The maximum Gasteiger partial charge on any atom is 0.121 e. The monoisotopic (exact) mass is 263 g/mol. The molecule has 5 heteroatoms. The molecule has 0 bridgehead atoms. The lowest BCUT2D eigenvalue weighted by molar-refractivity contribution is 0.414. The van der Waals surface area contributed by atoms with Crippen LogP contribution in [0, 0.1) is 0 Å². The van der Waals surface area contributed by atoms with E-state index in [2.05, 4.69) is 34.4 Å². The molecule has 0 radical (unpaired) electrons. The van der Waals surface area contributed by atoms with Gasteiger partial charge in [0.15, 0.2) is 0 Å². The van der Waals surface area contributed by atoms with Crippen LogP contribution in [-0.2, 0) is 0 Å². The van der Waals surface area contributed by atoms with Crippen LogP contribution in [0.5, 0.6) is 5.75 Å². The molecular formula is C13H17N3OS. The molecule has 1 atom stereocenters. The van der Waals surface area contributed by atoms with E-state index in [1.165, 1.54) is 10.6 Å². The summed E-state index contributed by atoms with van der Waals surface area (Å²) in [5, 5.41) is 3.79. The van der Waals surface area contributed by atoms with Gasteiger partial charge in [0.1, 0.15) is 11.6 Å². The minimum absolute atomic E-state index is 0.415. The number of methoxy groups -OCH3 is 1. The number of ether oxygens (including phenoxy) is 1. The van der Waals surface area contributed by atoms with E-state index in [-0.39, 0.29) is 0 Å². The topological polar surface area (TPSA) is 36.9 Å². The molecule has 0 aliphatic carbocycles. The van der Waals surface area contributed by atoms with Crippen molar-refractivity contribution in [2.75, 3.05) is 38.7 Å². The van der Waals surface area contributed by atoms with Crippen LogP contribution in [0.15, 0.2) is 28.1 Å². The zero-order chi connectivity index (χ0) is 12.5. The van der Waals surface area contributed by atoms with Gasteiger partial charge < -0.3 is 15.0 Å². The molecule has 2 heterocycles. The van der Waals surface area contributed by atoms with Crippen molar-refractivity contribution < 1.29 is 4.74 Å². The number of hydrogen-bond acceptors (Lipinski definition) is 5. The molecule has 3 rings (SSSR count). The molecule has 1 N–H and O–H groups in total. The van der Waals surface area contributed by atoms with Gasteiger partial charge in [-0.1, -0.05) is 0 Å². The van der Waals surface area contributed by atoms with Gasteiger partial charge in [0.05, 0.1) is 24.6 Å². The third-order valence-electron chi connectivity index (χ3n) is 3.29. The van der Waals surface area contributed by atoms with E-state index in [1.807, 2.05) is 17.8 Å². The van der Waals surface area contributed by atoms with Crippen LogP contribution < -0.4 is 15.0 Å². The normalized spacial score (nSPS) is 22.2. The van der Waals surface area contributed by atoms with Crippen LogP contribution in [0.4, 0.5) is 5.69 Å². The summed E-state index contributed by atoms with van der Waals surface area (Å²) in [7, 11) is 3.83. The Bertz CT molecular complexity index is 489. The highest BCUT2D eigenvalue weighted by Crippen LogP contribution is 2.40. The first-order chi connectivity index (χ1) is 8.78. The van der Waals surface area contributed by atoms with Gasteiger partial charge in [-0.2, -0.15) is 0 Å². The highest BCUT2D eigenvalue weighted by Gasteiger charge is 2.28. The molecule has 0 spiro atoms. The molecule has 0 fully saturated rings. The van der Waals surface area contributed by atoms with E-state index < -0.39 is 0 Å². The van der Waals surface area contributed by atoms with Gasteiger partial charge >= 0.3 is 0 Å². The maximum absolute atomic E-state index is 5.28. The summed E-state index contributed by atoms with van der Waals surface area (Å²) >= 11 is 1.89. The second-order valence-corrected chi connectivity index (χ2v) is 5.76. The number of amidine groups is 1. The van der Waals surface area contributed by atoms with Crippen molar-refractivity contribution in [1.29, 1.82) is 0 Å².